The van der Waals surface area contributed by atoms with E-state index in [4.69, 9.17) is 5.73 Å². The van der Waals surface area contributed by atoms with Gasteiger partial charge in [0, 0.05) is 4.90 Å². The molecule has 0 aliphatic carbocycles. The highest BCUT2D eigenvalue weighted by molar-refractivity contribution is 7.99. The molecule has 2 aromatic carbocycles. The topological polar surface area (TPSA) is 63.8 Å². The Bertz CT molecular complexity index is 803. The average molecular weight is 336 g/mol. The quantitative estimate of drug-likeness (QED) is 0.662. The minimum atomic E-state index is 0.112. The Labute approximate surface area is 146 Å². The van der Waals surface area contributed by atoms with Crippen LogP contribution in [0.3, 0.4) is 0 Å². The van der Waals surface area contributed by atoms with Crippen LogP contribution in [0.1, 0.15) is 24.1 Å². The Morgan fingerprint density at radius 2 is 1.71 bits per heavy atom. The second kappa shape index (κ2) is 7.36. The Kier molecular flexibility index (Phi) is 5.01. The summed E-state index contributed by atoms with van der Waals surface area (Å²) >= 11 is 1.54. The van der Waals surface area contributed by atoms with E-state index >= 15 is 0 Å². The number of hydrogen-bond acceptors (Lipinski definition) is 5. The number of hydrogen-bond donors (Lipinski definition) is 2. The highest BCUT2D eigenvalue weighted by Gasteiger charge is 2.12. The van der Waals surface area contributed by atoms with Crippen LogP contribution >= 0.6 is 11.8 Å². The third-order valence-electron chi connectivity index (χ3n) is 3.74. The molecule has 0 bridgehead atoms. The zero-order valence-electron chi connectivity index (χ0n) is 13.7. The number of nitrogens with zero attached hydrogens (tertiary/aromatic N) is 2. The van der Waals surface area contributed by atoms with Crippen molar-refractivity contribution in [2.45, 2.75) is 29.8 Å². The molecule has 1 aromatic heterocycles. The first kappa shape index (κ1) is 16.3. The van der Waals surface area contributed by atoms with Crippen LogP contribution in [0.5, 0.6) is 0 Å². The lowest BCUT2D eigenvalue weighted by molar-refractivity contribution is 0.868. The van der Waals surface area contributed by atoms with Crippen molar-refractivity contribution in [1.29, 1.82) is 0 Å². The summed E-state index contributed by atoms with van der Waals surface area (Å²) in [6, 6.07) is 18.6. The first-order valence-corrected chi connectivity index (χ1v) is 8.61. The molecular weight excluding hydrogens is 316 g/mol. The fourth-order valence-corrected chi connectivity index (χ4v) is 3.13. The number of aromatic nitrogens is 2. The molecule has 24 heavy (non-hydrogen) atoms. The van der Waals surface area contributed by atoms with Gasteiger partial charge < -0.3 is 11.1 Å². The molecule has 0 saturated heterocycles. The molecule has 0 amide bonds. The van der Waals surface area contributed by atoms with Crippen LogP contribution in [-0.4, -0.2) is 9.97 Å². The van der Waals surface area contributed by atoms with Gasteiger partial charge in [-0.25, -0.2) is 9.97 Å². The van der Waals surface area contributed by atoms with Crippen LogP contribution < -0.4 is 11.1 Å². The van der Waals surface area contributed by atoms with Gasteiger partial charge in [-0.3, -0.25) is 0 Å². The highest BCUT2D eigenvalue weighted by atomic mass is 32.2. The summed E-state index contributed by atoms with van der Waals surface area (Å²) in [6.07, 6.45) is 1.55. The van der Waals surface area contributed by atoms with E-state index in [1.807, 2.05) is 18.2 Å². The summed E-state index contributed by atoms with van der Waals surface area (Å²) in [5.41, 5.74) is 9.27. The summed E-state index contributed by atoms with van der Waals surface area (Å²) in [7, 11) is 0. The largest absolute Gasteiger partial charge is 0.394 e. The Morgan fingerprint density at radius 1 is 1.00 bits per heavy atom. The SMILES string of the molecule is Cc1ccc(Sc2ncnc(NC(C)c3ccccc3)c2N)cc1. The van der Waals surface area contributed by atoms with Crippen LogP contribution in [0.15, 0.2) is 70.8 Å². The van der Waals surface area contributed by atoms with E-state index < -0.39 is 0 Å². The summed E-state index contributed by atoms with van der Waals surface area (Å²) in [5.74, 6) is 0.663. The first-order valence-electron chi connectivity index (χ1n) is 7.80. The molecule has 122 valence electrons. The van der Waals surface area contributed by atoms with Crippen molar-refractivity contribution in [3.8, 4) is 0 Å². The second-order valence-corrected chi connectivity index (χ2v) is 6.70. The predicted molar refractivity (Wildman–Crippen MR) is 100 cm³/mol. The normalized spacial score (nSPS) is 11.9. The van der Waals surface area contributed by atoms with E-state index in [9.17, 15) is 0 Å². The molecule has 1 heterocycles. The number of benzene rings is 2. The lowest BCUT2D eigenvalue weighted by Gasteiger charge is -2.17. The molecule has 0 radical (unpaired) electrons. The van der Waals surface area contributed by atoms with Crippen molar-refractivity contribution in [3.05, 3.63) is 72.1 Å². The van der Waals surface area contributed by atoms with Gasteiger partial charge in [-0.15, -0.1) is 0 Å². The van der Waals surface area contributed by atoms with E-state index in [0.29, 0.717) is 11.5 Å². The molecule has 0 spiro atoms. The summed E-state index contributed by atoms with van der Waals surface area (Å²) in [5, 5.41) is 4.13. The fourth-order valence-electron chi connectivity index (χ4n) is 2.32. The lowest BCUT2D eigenvalue weighted by Crippen LogP contribution is -2.10. The summed E-state index contributed by atoms with van der Waals surface area (Å²) < 4.78 is 0. The lowest BCUT2D eigenvalue weighted by atomic mass is 10.1. The van der Waals surface area contributed by atoms with Crippen LogP contribution in [0.25, 0.3) is 0 Å². The maximum Gasteiger partial charge on any atom is 0.154 e. The fraction of sp³-hybridized carbons (Fsp3) is 0.158. The third-order valence-corrected chi connectivity index (χ3v) is 4.76. The van der Waals surface area contributed by atoms with Crippen molar-refractivity contribution < 1.29 is 0 Å². The standard InChI is InChI=1S/C19H20N4S/c1-13-8-10-16(11-9-13)24-19-17(20)18(21-12-22-19)23-14(2)15-6-4-3-5-7-15/h3-12,14H,20H2,1-2H3,(H,21,22,23). The van der Waals surface area contributed by atoms with Gasteiger partial charge in [0.05, 0.1) is 6.04 Å². The van der Waals surface area contributed by atoms with Crippen molar-refractivity contribution in [2.24, 2.45) is 0 Å². The van der Waals surface area contributed by atoms with Crippen molar-refractivity contribution in [1.82, 2.24) is 9.97 Å². The Hall–Kier alpha value is -2.53. The molecular formula is C19H20N4S. The number of aryl methyl sites for hydroxylation is 1. The predicted octanol–water partition coefficient (Wildman–Crippen LogP) is 4.69. The molecule has 3 aromatic rings. The Balaban J connectivity index is 1.79. The maximum atomic E-state index is 6.28. The molecule has 3 N–H and O–H groups in total. The minimum absolute atomic E-state index is 0.112. The van der Waals surface area contributed by atoms with E-state index in [1.165, 1.54) is 11.1 Å². The molecule has 4 nitrogen and oxygen atoms in total. The first-order chi connectivity index (χ1) is 11.6. The summed E-state index contributed by atoms with van der Waals surface area (Å²) in [6.45, 7) is 4.16. The molecule has 1 unspecified atom stereocenters. The van der Waals surface area contributed by atoms with Crippen LogP contribution in [0, 0.1) is 6.92 Å². The molecule has 1 atom stereocenters. The number of rotatable bonds is 5. The van der Waals surface area contributed by atoms with Crippen LogP contribution in [0.2, 0.25) is 0 Å². The number of nitrogen functional groups attached to an aromatic ring is 1. The van der Waals surface area contributed by atoms with E-state index in [1.54, 1.807) is 18.1 Å². The monoisotopic (exact) mass is 336 g/mol. The van der Waals surface area contributed by atoms with E-state index in [-0.39, 0.29) is 6.04 Å². The van der Waals surface area contributed by atoms with Crippen molar-refractivity contribution >= 4 is 23.3 Å². The maximum absolute atomic E-state index is 6.28. The number of nitrogens with one attached hydrogen (secondary N) is 1. The zero-order valence-corrected chi connectivity index (χ0v) is 14.5. The van der Waals surface area contributed by atoms with E-state index in [0.717, 1.165) is 9.92 Å². The molecule has 0 saturated carbocycles. The van der Waals surface area contributed by atoms with Crippen molar-refractivity contribution in [2.75, 3.05) is 11.1 Å². The highest BCUT2D eigenvalue weighted by Crippen LogP contribution is 2.34. The summed E-state index contributed by atoms with van der Waals surface area (Å²) in [4.78, 5) is 9.73. The molecule has 5 heteroatoms. The van der Waals surface area contributed by atoms with Gasteiger partial charge in [0.25, 0.3) is 0 Å². The van der Waals surface area contributed by atoms with Crippen LogP contribution in [0.4, 0.5) is 11.5 Å². The second-order valence-electron chi connectivity index (χ2n) is 5.63. The third kappa shape index (κ3) is 3.86. The average Bonchev–Trinajstić information content (AvgIpc) is 2.61. The van der Waals surface area contributed by atoms with Gasteiger partial charge >= 0.3 is 0 Å². The zero-order chi connectivity index (χ0) is 16.9. The number of nitrogens with two attached hydrogens (primary N) is 1. The molecule has 0 aliphatic heterocycles. The Morgan fingerprint density at radius 3 is 2.42 bits per heavy atom. The molecule has 0 fully saturated rings. The van der Waals surface area contributed by atoms with E-state index in [2.05, 4.69) is 65.5 Å². The number of anilines is 2. The van der Waals surface area contributed by atoms with Crippen molar-refractivity contribution in [3.63, 3.8) is 0 Å². The van der Waals surface area contributed by atoms with Gasteiger partial charge in [0.1, 0.15) is 17.0 Å². The minimum Gasteiger partial charge on any atom is -0.394 e. The van der Waals surface area contributed by atoms with Gasteiger partial charge in [0.2, 0.25) is 0 Å². The van der Waals surface area contributed by atoms with Crippen LogP contribution in [-0.2, 0) is 0 Å². The van der Waals surface area contributed by atoms with Gasteiger partial charge in [0.15, 0.2) is 5.82 Å². The molecule has 0 aliphatic rings. The molecule has 3 rings (SSSR count). The van der Waals surface area contributed by atoms with Gasteiger partial charge in [-0.05, 0) is 31.5 Å². The smallest absolute Gasteiger partial charge is 0.154 e. The van der Waals surface area contributed by atoms with Gasteiger partial charge in [-0.2, -0.15) is 0 Å². The van der Waals surface area contributed by atoms with Gasteiger partial charge in [-0.1, -0.05) is 59.8 Å².